The third-order valence-electron chi connectivity index (χ3n) is 5.39. The lowest BCUT2D eigenvalue weighted by molar-refractivity contribution is -0.162. The largest absolute Gasteiger partial charge is 0.497 e. The van der Waals surface area contributed by atoms with Crippen LogP contribution in [0.25, 0.3) is 0 Å². The first-order chi connectivity index (χ1) is 12.1. The van der Waals surface area contributed by atoms with Gasteiger partial charge in [-0.15, -0.1) is 0 Å². The lowest BCUT2D eigenvalue weighted by Gasteiger charge is -2.47. The standard InChI is InChI=1S/C18H21N3O4/c1-25-13-6-4-12(5-7-13)16(22)19-9-10-21-15(11-19)18(24)20-8-2-3-14(20)17(21)23/h4-7,14-15H,2-3,8-11H2,1H3/t14-,15+/m0/s1. The Bertz CT molecular complexity index is 718. The highest BCUT2D eigenvalue weighted by atomic mass is 16.5. The zero-order valence-electron chi connectivity index (χ0n) is 14.2. The van der Waals surface area contributed by atoms with Crippen LogP contribution in [0.15, 0.2) is 24.3 Å². The van der Waals surface area contributed by atoms with Crippen LogP contribution in [0.2, 0.25) is 0 Å². The number of piperazine rings is 2. The van der Waals surface area contributed by atoms with Crippen molar-refractivity contribution in [3.63, 3.8) is 0 Å². The summed E-state index contributed by atoms with van der Waals surface area (Å²) in [7, 11) is 1.58. The molecule has 0 aromatic heterocycles. The molecule has 1 aromatic rings. The number of rotatable bonds is 2. The minimum absolute atomic E-state index is 0.0191. The van der Waals surface area contributed by atoms with E-state index in [0.29, 0.717) is 30.9 Å². The molecule has 3 amide bonds. The lowest BCUT2D eigenvalue weighted by atomic mass is 10.0. The molecule has 0 spiro atoms. The fourth-order valence-corrected chi connectivity index (χ4v) is 4.03. The van der Waals surface area contributed by atoms with E-state index in [-0.39, 0.29) is 30.3 Å². The zero-order chi connectivity index (χ0) is 17.6. The van der Waals surface area contributed by atoms with Gasteiger partial charge in [0.05, 0.1) is 13.7 Å². The van der Waals surface area contributed by atoms with Gasteiger partial charge in [-0.1, -0.05) is 0 Å². The van der Waals surface area contributed by atoms with Crippen LogP contribution in [0.4, 0.5) is 0 Å². The van der Waals surface area contributed by atoms with E-state index in [1.807, 2.05) is 0 Å². The highest BCUT2D eigenvalue weighted by Crippen LogP contribution is 2.29. The van der Waals surface area contributed by atoms with E-state index in [0.717, 1.165) is 12.8 Å². The molecule has 0 aliphatic carbocycles. The second kappa shape index (κ2) is 6.06. The third kappa shape index (κ3) is 2.54. The normalized spacial score (nSPS) is 25.7. The molecule has 0 radical (unpaired) electrons. The molecule has 0 saturated carbocycles. The summed E-state index contributed by atoms with van der Waals surface area (Å²) in [6.07, 6.45) is 1.62. The van der Waals surface area contributed by atoms with Crippen LogP contribution in [0.5, 0.6) is 5.75 Å². The van der Waals surface area contributed by atoms with Gasteiger partial charge in [-0.2, -0.15) is 0 Å². The highest BCUT2D eigenvalue weighted by Gasteiger charge is 2.49. The number of hydrogen-bond acceptors (Lipinski definition) is 4. The summed E-state index contributed by atoms with van der Waals surface area (Å²) in [4.78, 5) is 43.2. The van der Waals surface area contributed by atoms with Crippen molar-refractivity contribution in [1.82, 2.24) is 14.7 Å². The maximum atomic E-state index is 12.8. The SMILES string of the molecule is COc1ccc(C(=O)N2CCN3C(=O)[C@@H]4CCCN4C(=O)[C@H]3C2)cc1. The Morgan fingerprint density at radius 1 is 1.00 bits per heavy atom. The van der Waals surface area contributed by atoms with Gasteiger partial charge in [0.1, 0.15) is 17.8 Å². The number of amides is 3. The fourth-order valence-electron chi connectivity index (χ4n) is 4.03. The summed E-state index contributed by atoms with van der Waals surface area (Å²) in [6.45, 7) is 1.78. The van der Waals surface area contributed by atoms with Gasteiger partial charge in [-0.05, 0) is 37.1 Å². The molecule has 3 heterocycles. The van der Waals surface area contributed by atoms with Crippen LogP contribution >= 0.6 is 0 Å². The maximum absolute atomic E-state index is 12.8. The molecular weight excluding hydrogens is 322 g/mol. The summed E-state index contributed by atoms with van der Waals surface area (Å²) in [5, 5.41) is 0. The highest BCUT2D eigenvalue weighted by molar-refractivity contribution is 5.99. The van der Waals surface area contributed by atoms with E-state index in [9.17, 15) is 14.4 Å². The molecule has 1 aromatic carbocycles. The van der Waals surface area contributed by atoms with Gasteiger partial charge in [0, 0.05) is 25.2 Å². The summed E-state index contributed by atoms with van der Waals surface area (Å²) in [5.74, 6) is 0.591. The van der Waals surface area contributed by atoms with E-state index in [1.165, 1.54) is 0 Å². The average Bonchev–Trinajstić information content (AvgIpc) is 3.15. The van der Waals surface area contributed by atoms with Gasteiger partial charge >= 0.3 is 0 Å². The minimum Gasteiger partial charge on any atom is -0.497 e. The van der Waals surface area contributed by atoms with E-state index >= 15 is 0 Å². The summed E-state index contributed by atoms with van der Waals surface area (Å²) < 4.78 is 5.11. The van der Waals surface area contributed by atoms with Gasteiger partial charge in [0.25, 0.3) is 5.91 Å². The Labute approximate surface area is 146 Å². The second-order valence-corrected chi connectivity index (χ2v) is 6.72. The van der Waals surface area contributed by atoms with Gasteiger partial charge < -0.3 is 19.4 Å². The number of carbonyl (C=O) groups is 3. The van der Waals surface area contributed by atoms with Crippen molar-refractivity contribution in [2.45, 2.75) is 24.9 Å². The quantitative estimate of drug-likeness (QED) is 0.777. The number of hydrogen-bond donors (Lipinski definition) is 0. The Balaban J connectivity index is 1.52. The van der Waals surface area contributed by atoms with Crippen LogP contribution < -0.4 is 4.74 Å². The third-order valence-corrected chi connectivity index (χ3v) is 5.39. The number of fused-ring (bicyclic) bond motifs is 2. The molecule has 3 aliphatic heterocycles. The molecule has 7 heteroatoms. The molecule has 4 rings (SSSR count). The topological polar surface area (TPSA) is 70.2 Å². The van der Waals surface area contributed by atoms with Crippen molar-refractivity contribution in [3.8, 4) is 5.75 Å². The van der Waals surface area contributed by atoms with Crippen molar-refractivity contribution in [3.05, 3.63) is 29.8 Å². The van der Waals surface area contributed by atoms with Crippen molar-refractivity contribution >= 4 is 17.7 Å². The van der Waals surface area contributed by atoms with Crippen LogP contribution in [-0.2, 0) is 9.59 Å². The number of carbonyl (C=O) groups excluding carboxylic acids is 3. The average molecular weight is 343 g/mol. The molecule has 132 valence electrons. The summed E-state index contributed by atoms with van der Waals surface area (Å²) in [6, 6.07) is 6.10. The minimum atomic E-state index is -0.544. The maximum Gasteiger partial charge on any atom is 0.254 e. The fraction of sp³-hybridized carbons (Fsp3) is 0.500. The molecule has 3 fully saturated rings. The van der Waals surface area contributed by atoms with Crippen LogP contribution in [0.3, 0.4) is 0 Å². The first kappa shape index (κ1) is 15.9. The molecule has 25 heavy (non-hydrogen) atoms. The van der Waals surface area contributed by atoms with Crippen LogP contribution in [-0.4, -0.2) is 77.8 Å². The molecule has 0 unspecified atom stereocenters. The number of methoxy groups -OCH3 is 1. The number of benzene rings is 1. The predicted octanol–water partition coefficient (Wildman–Crippen LogP) is 0.353. The molecule has 0 N–H and O–H groups in total. The smallest absolute Gasteiger partial charge is 0.254 e. The Hall–Kier alpha value is -2.57. The van der Waals surface area contributed by atoms with Crippen LogP contribution in [0, 0.1) is 0 Å². The molecule has 3 saturated heterocycles. The van der Waals surface area contributed by atoms with E-state index in [4.69, 9.17) is 4.74 Å². The van der Waals surface area contributed by atoms with Crippen molar-refractivity contribution in [1.29, 1.82) is 0 Å². The first-order valence-electron chi connectivity index (χ1n) is 8.64. The number of ether oxygens (including phenoxy) is 1. The Morgan fingerprint density at radius 2 is 1.68 bits per heavy atom. The van der Waals surface area contributed by atoms with Crippen molar-refractivity contribution in [2.24, 2.45) is 0 Å². The van der Waals surface area contributed by atoms with Crippen LogP contribution in [0.1, 0.15) is 23.2 Å². The Kier molecular flexibility index (Phi) is 3.86. The monoisotopic (exact) mass is 343 g/mol. The van der Waals surface area contributed by atoms with Crippen molar-refractivity contribution < 1.29 is 19.1 Å². The molecule has 2 atom stereocenters. The second-order valence-electron chi connectivity index (χ2n) is 6.72. The molecule has 0 bridgehead atoms. The Morgan fingerprint density at radius 3 is 2.40 bits per heavy atom. The van der Waals surface area contributed by atoms with E-state index < -0.39 is 6.04 Å². The van der Waals surface area contributed by atoms with Gasteiger partial charge in [0.2, 0.25) is 11.8 Å². The summed E-state index contributed by atoms with van der Waals surface area (Å²) in [5.41, 5.74) is 0.558. The van der Waals surface area contributed by atoms with Gasteiger partial charge in [-0.3, -0.25) is 14.4 Å². The van der Waals surface area contributed by atoms with E-state index in [1.54, 1.807) is 46.1 Å². The predicted molar refractivity (Wildman–Crippen MR) is 89.1 cm³/mol. The molecule has 7 nitrogen and oxygen atoms in total. The lowest BCUT2D eigenvalue weighted by Crippen LogP contribution is -2.69. The van der Waals surface area contributed by atoms with Gasteiger partial charge in [0.15, 0.2) is 0 Å². The molecular formula is C18H21N3O4. The number of nitrogens with zero attached hydrogens (tertiary/aromatic N) is 3. The summed E-state index contributed by atoms with van der Waals surface area (Å²) >= 11 is 0. The van der Waals surface area contributed by atoms with E-state index in [2.05, 4.69) is 0 Å². The zero-order valence-corrected chi connectivity index (χ0v) is 14.2. The van der Waals surface area contributed by atoms with Crippen molar-refractivity contribution in [2.75, 3.05) is 33.3 Å². The first-order valence-corrected chi connectivity index (χ1v) is 8.64. The molecule has 3 aliphatic rings. The van der Waals surface area contributed by atoms with Gasteiger partial charge in [-0.25, -0.2) is 0 Å².